The molecule has 1 aliphatic rings. The van der Waals surface area contributed by atoms with E-state index < -0.39 is 0 Å². The summed E-state index contributed by atoms with van der Waals surface area (Å²) >= 11 is 2.45. The van der Waals surface area contributed by atoms with Crippen molar-refractivity contribution in [3.8, 4) is 0 Å². The predicted molar refractivity (Wildman–Crippen MR) is 73.7 cm³/mol. The van der Waals surface area contributed by atoms with Crippen molar-refractivity contribution in [1.82, 2.24) is 5.32 Å². The van der Waals surface area contributed by atoms with Gasteiger partial charge in [-0.25, -0.2) is 0 Å². The lowest BCUT2D eigenvalue weighted by atomic mass is 10.0. The summed E-state index contributed by atoms with van der Waals surface area (Å²) in [5, 5.41) is 3.62. The third-order valence-corrected chi connectivity index (χ3v) is 4.08. The van der Waals surface area contributed by atoms with Gasteiger partial charge in [0.25, 0.3) is 0 Å². The lowest BCUT2D eigenvalue weighted by Gasteiger charge is -2.24. The Morgan fingerprint density at radius 1 is 1.47 bits per heavy atom. The lowest BCUT2D eigenvalue weighted by Crippen LogP contribution is -2.40. The number of ether oxygens (including phenoxy) is 1. The van der Waals surface area contributed by atoms with Gasteiger partial charge in [0.1, 0.15) is 0 Å². The topological polar surface area (TPSA) is 21.3 Å². The van der Waals surface area contributed by atoms with Gasteiger partial charge in [-0.15, -0.1) is 0 Å². The summed E-state index contributed by atoms with van der Waals surface area (Å²) in [5.41, 5.74) is 0.101. The third-order valence-electron chi connectivity index (χ3n) is 3.13. The molecule has 0 amide bonds. The van der Waals surface area contributed by atoms with Crippen molar-refractivity contribution in [1.29, 1.82) is 0 Å². The molecule has 0 spiro atoms. The molecular formula is C12H24INO. The van der Waals surface area contributed by atoms with E-state index in [0.29, 0.717) is 18.1 Å². The molecule has 1 fully saturated rings. The van der Waals surface area contributed by atoms with Crippen molar-refractivity contribution in [3.63, 3.8) is 0 Å². The van der Waals surface area contributed by atoms with Crippen molar-refractivity contribution < 1.29 is 4.74 Å². The maximum Gasteiger partial charge on any atom is 0.0707 e. The fourth-order valence-electron chi connectivity index (χ4n) is 1.97. The van der Waals surface area contributed by atoms with E-state index in [-0.39, 0.29) is 5.60 Å². The first-order valence-corrected chi connectivity index (χ1v) is 7.44. The molecule has 90 valence electrons. The van der Waals surface area contributed by atoms with Gasteiger partial charge in [-0.3, -0.25) is 0 Å². The monoisotopic (exact) mass is 325 g/mol. The smallest absolute Gasteiger partial charge is 0.0707 e. The highest BCUT2D eigenvalue weighted by Gasteiger charge is 2.31. The molecule has 1 saturated heterocycles. The number of alkyl halides is 1. The van der Waals surface area contributed by atoms with Gasteiger partial charge in [0.05, 0.1) is 11.7 Å². The average molecular weight is 325 g/mol. The van der Waals surface area contributed by atoms with E-state index in [2.05, 4.69) is 55.6 Å². The molecule has 0 saturated carbocycles. The second kappa shape index (κ2) is 5.82. The molecule has 0 aliphatic carbocycles. The third kappa shape index (κ3) is 4.57. The number of halogens is 1. The Morgan fingerprint density at radius 3 is 2.53 bits per heavy atom. The van der Waals surface area contributed by atoms with Crippen LogP contribution in [0.25, 0.3) is 0 Å². The molecule has 1 heterocycles. The summed E-state index contributed by atoms with van der Waals surface area (Å²) in [5.74, 6) is 0.705. The van der Waals surface area contributed by atoms with E-state index in [4.69, 9.17) is 4.74 Å². The molecule has 2 nitrogen and oxygen atoms in total. The van der Waals surface area contributed by atoms with Gasteiger partial charge in [0.15, 0.2) is 0 Å². The first-order valence-electron chi connectivity index (χ1n) is 5.92. The van der Waals surface area contributed by atoms with Crippen LogP contribution < -0.4 is 5.32 Å². The minimum atomic E-state index is 0.101. The highest BCUT2D eigenvalue weighted by molar-refractivity contribution is 14.1. The Bertz CT molecular complexity index is 194. The van der Waals surface area contributed by atoms with Crippen LogP contribution in [0.4, 0.5) is 0 Å². The van der Waals surface area contributed by atoms with Crippen molar-refractivity contribution in [2.24, 2.45) is 5.92 Å². The van der Waals surface area contributed by atoms with Crippen LogP contribution >= 0.6 is 22.6 Å². The maximum atomic E-state index is 5.96. The Hall–Kier alpha value is 0.650. The fraction of sp³-hybridized carbons (Fsp3) is 1.00. The molecule has 0 radical (unpaired) electrons. The van der Waals surface area contributed by atoms with E-state index in [0.717, 1.165) is 6.54 Å². The summed E-state index contributed by atoms with van der Waals surface area (Å²) in [6.45, 7) is 9.93. The number of rotatable bonds is 5. The maximum absolute atomic E-state index is 5.96. The summed E-state index contributed by atoms with van der Waals surface area (Å²) in [7, 11) is 0. The van der Waals surface area contributed by atoms with Crippen LogP contribution in [0.1, 0.15) is 40.5 Å². The molecule has 0 aromatic heterocycles. The number of nitrogens with one attached hydrogen (secondary N) is 1. The SMILES string of the molecule is CC(C)C(CI)NCC1CCC(C)(C)O1. The molecule has 1 aliphatic heterocycles. The van der Waals surface area contributed by atoms with Gasteiger partial charge in [-0.2, -0.15) is 0 Å². The van der Waals surface area contributed by atoms with Crippen LogP contribution in [0.5, 0.6) is 0 Å². The highest BCUT2D eigenvalue weighted by atomic mass is 127. The van der Waals surface area contributed by atoms with E-state index >= 15 is 0 Å². The Morgan fingerprint density at radius 2 is 2.13 bits per heavy atom. The summed E-state index contributed by atoms with van der Waals surface area (Å²) in [6, 6.07) is 0.623. The minimum absolute atomic E-state index is 0.101. The Labute approximate surface area is 108 Å². The van der Waals surface area contributed by atoms with E-state index in [1.807, 2.05) is 0 Å². The van der Waals surface area contributed by atoms with Gasteiger partial charge >= 0.3 is 0 Å². The minimum Gasteiger partial charge on any atom is -0.371 e. The molecule has 3 heteroatoms. The molecule has 1 rings (SSSR count). The predicted octanol–water partition coefficient (Wildman–Crippen LogP) is 2.99. The zero-order valence-corrected chi connectivity index (χ0v) is 12.5. The van der Waals surface area contributed by atoms with Gasteiger partial charge in [0, 0.05) is 17.0 Å². The fourth-order valence-corrected chi connectivity index (χ4v) is 3.30. The molecule has 2 unspecified atom stereocenters. The van der Waals surface area contributed by atoms with Gasteiger partial charge in [-0.1, -0.05) is 36.4 Å². The molecule has 0 aromatic rings. The van der Waals surface area contributed by atoms with Crippen LogP contribution in [0.15, 0.2) is 0 Å². The summed E-state index contributed by atoms with van der Waals surface area (Å²) in [6.07, 6.45) is 2.81. The van der Waals surface area contributed by atoms with Crippen molar-refractivity contribution >= 4 is 22.6 Å². The van der Waals surface area contributed by atoms with Crippen LogP contribution in [0, 0.1) is 5.92 Å². The summed E-state index contributed by atoms with van der Waals surface area (Å²) in [4.78, 5) is 0. The van der Waals surface area contributed by atoms with Crippen LogP contribution in [0.3, 0.4) is 0 Å². The summed E-state index contributed by atoms with van der Waals surface area (Å²) < 4.78 is 7.13. The van der Waals surface area contributed by atoms with Crippen LogP contribution in [-0.2, 0) is 4.74 Å². The van der Waals surface area contributed by atoms with Gasteiger partial charge in [-0.05, 0) is 32.6 Å². The molecule has 0 bridgehead atoms. The zero-order valence-electron chi connectivity index (χ0n) is 10.3. The first-order chi connectivity index (χ1) is 6.94. The van der Waals surface area contributed by atoms with Crippen molar-refractivity contribution in [2.45, 2.75) is 58.3 Å². The quantitative estimate of drug-likeness (QED) is 0.620. The highest BCUT2D eigenvalue weighted by Crippen LogP contribution is 2.28. The van der Waals surface area contributed by atoms with E-state index in [9.17, 15) is 0 Å². The second-order valence-electron chi connectivity index (χ2n) is 5.45. The zero-order chi connectivity index (χ0) is 11.5. The van der Waals surface area contributed by atoms with Crippen molar-refractivity contribution in [2.75, 3.05) is 11.0 Å². The van der Waals surface area contributed by atoms with E-state index in [1.54, 1.807) is 0 Å². The molecule has 15 heavy (non-hydrogen) atoms. The van der Waals surface area contributed by atoms with Crippen LogP contribution in [0.2, 0.25) is 0 Å². The molecule has 2 atom stereocenters. The Balaban J connectivity index is 2.26. The first kappa shape index (κ1) is 13.7. The van der Waals surface area contributed by atoms with Crippen molar-refractivity contribution in [3.05, 3.63) is 0 Å². The molecule has 0 aromatic carbocycles. The van der Waals surface area contributed by atoms with Crippen LogP contribution in [-0.4, -0.2) is 28.7 Å². The average Bonchev–Trinajstić information content (AvgIpc) is 2.46. The van der Waals surface area contributed by atoms with E-state index in [1.165, 1.54) is 17.3 Å². The molecular weight excluding hydrogens is 301 g/mol. The standard InChI is InChI=1S/C12H24INO/c1-9(2)11(7-13)14-8-10-5-6-12(3,4)15-10/h9-11,14H,5-8H2,1-4H3. The number of hydrogen-bond acceptors (Lipinski definition) is 2. The molecule has 1 N–H and O–H groups in total. The second-order valence-corrected chi connectivity index (χ2v) is 6.33. The van der Waals surface area contributed by atoms with Gasteiger partial charge < -0.3 is 10.1 Å². The lowest BCUT2D eigenvalue weighted by molar-refractivity contribution is -0.0153. The van der Waals surface area contributed by atoms with Gasteiger partial charge in [0.2, 0.25) is 0 Å². The normalized spacial score (nSPS) is 27.2. The number of hydrogen-bond donors (Lipinski definition) is 1. The largest absolute Gasteiger partial charge is 0.371 e. The Kier molecular flexibility index (Phi) is 5.32.